The molecule has 0 aliphatic carbocycles. The molecule has 766 valence electrons. The first-order valence-corrected chi connectivity index (χ1v) is 46.1. The topological polar surface area (TPSA) is 426 Å². The Hall–Kier alpha value is -18.4. The minimum Gasteiger partial charge on any atom is -0.484 e. The first kappa shape index (κ1) is 113. The van der Waals surface area contributed by atoms with Crippen molar-refractivity contribution in [2.75, 3.05) is 23.8 Å². The van der Waals surface area contributed by atoms with Gasteiger partial charge in [0, 0.05) is 129 Å². The molecule has 1 aromatic heterocycles. The van der Waals surface area contributed by atoms with Crippen molar-refractivity contribution in [1.29, 1.82) is 0 Å². The average Bonchev–Trinajstić information content (AvgIpc) is 0.844. The number of nitrogens with one attached hydrogen (secondary N) is 3. The van der Waals surface area contributed by atoms with Crippen molar-refractivity contribution < 1.29 is 138 Å². The molecule has 0 aliphatic heterocycles. The maximum atomic E-state index is 12.9. The second kappa shape index (κ2) is 54.7. The Morgan fingerprint density at radius 2 is 0.581 bits per heavy atom. The van der Waals surface area contributed by atoms with Crippen LogP contribution in [0.15, 0.2) is 249 Å². The molecule has 1 heterocycles. The molecule has 13 aromatic rings. The van der Waals surface area contributed by atoms with Crippen LogP contribution in [0.3, 0.4) is 0 Å². The molecule has 0 unspecified atom stereocenters. The molecular formula is C115H112N4O29. The van der Waals surface area contributed by atoms with E-state index in [0.717, 1.165) is 61.4 Å². The van der Waals surface area contributed by atoms with Crippen LogP contribution in [0.2, 0.25) is 0 Å². The smallest absolute Gasteiger partial charge is 0.308 e. The number of carbonyl (C=O) groups excluding carboxylic acids is 14. The number of para-hydroxylation sites is 2. The van der Waals surface area contributed by atoms with E-state index in [2.05, 4.69) is 20.9 Å². The summed E-state index contributed by atoms with van der Waals surface area (Å²) >= 11 is 0. The lowest BCUT2D eigenvalue weighted by Crippen LogP contribution is -2.30. The number of carbonyl (C=O) groups is 14. The van der Waals surface area contributed by atoms with Crippen LogP contribution < -0.4 is 87.0 Å². The van der Waals surface area contributed by atoms with Crippen molar-refractivity contribution in [3.05, 3.63) is 332 Å². The van der Waals surface area contributed by atoms with E-state index in [1.807, 2.05) is 172 Å². The largest absolute Gasteiger partial charge is 0.484 e. The fourth-order valence-corrected chi connectivity index (χ4v) is 13.1. The number of benzene rings is 12. The monoisotopic (exact) mass is 2010 g/mol. The Morgan fingerprint density at radius 1 is 0.250 bits per heavy atom. The van der Waals surface area contributed by atoms with Gasteiger partial charge in [0.05, 0.1) is 5.69 Å². The van der Waals surface area contributed by atoms with Gasteiger partial charge in [-0.1, -0.05) is 66.7 Å². The molecule has 33 nitrogen and oxygen atoms in total. The average molecular weight is 2010 g/mol. The zero-order chi connectivity index (χ0) is 108. The molecule has 0 radical (unpaired) electrons. The lowest BCUT2D eigenvalue weighted by molar-refractivity contribution is -0.134. The number of Topliss-reactive ketones (excluding diaryl/α,β-unsaturated/α-hetero) is 1. The summed E-state index contributed by atoms with van der Waals surface area (Å²) in [5.74, 6) is -1.04. The molecule has 13 rings (SSSR count). The van der Waals surface area contributed by atoms with Crippen molar-refractivity contribution in [3.63, 3.8) is 0 Å². The second-order valence-corrected chi connectivity index (χ2v) is 33.4. The molecule has 3 N–H and O–H groups in total. The van der Waals surface area contributed by atoms with Crippen LogP contribution in [0.4, 0.5) is 11.4 Å². The van der Waals surface area contributed by atoms with E-state index in [4.69, 9.17) is 71.1 Å². The fourth-order valence-electron chi connectivity index (χ4n) is 13.1. The van der Waals surface area contributed by atoms with Crippen LogP contribution in [-0.4, -0.2) is 101 Å². The maximum Gasteiger partial charge on any atom is 0.308 e. The zero-order valence-corrected chi connectivity index (χ0v) is 85.3. The standard InChI is InChI=1S/C26H24O6.C25H23NO6.C23H21NO6.C22H25NO6.C19H19NO5/c1-16-5-9-23(13-17(16)2)32-22-10-6-20(7-11-22)14-24(29)21-8-12-25(30-18(3)27)26(15-21)31-19(4)28;1-15-9-11-20(13-16(15)2)32-22-8-6-5-7-21(22)26-25(29)19-10-12-23(30-17(3)27)24(14-19)31-18(4)28;1-14-8-9-18(12-15(14)2)29-22-6-5-7-23(24-22)30-19-10-11-20(27-16(3)25)21(13-19)28-17(4)26;1-14-5-7-19(11-15(14)2)27-13-22(26)23-10-9-18-6-8-20(28-16(3)24)21(12-18)29-17(4)25;1-11-5-6-15(9-12(11)2)19(23)20-16-7-8-17(24-13(3)21)18(10-16)25-14(4)22/h5-13,15H,14H2,1-4H3;5-14H,1-4H3,(H,26,29);5-13H,1-4H3;5-8,11-12H,9-10,13H2,1-4H3,(H,23,26);5-10H,1-4H3,(H,20,23). The third-order valence-corrected chi connectivity index (χ3v) is 21.0. The van der Waals surface area contributed by atoms with Crippen LogP contribution in [0, 0.1) is 69.2 Å². The Kier molecular flexibility index (Phi) is 41.8. The van der Waals surface area contributed by atoms with E-state index in [0.29, 0.717) is 75.8 Å². The van der Waals surface area contributed by atoms with E-state index >= 15 is 0 Å². The Balaban J connectivity index is 0.000000206. The minimum absolute atomic E-state index is 0.0238. The molecule has 0 atom stereocenters. The van der Waals surface area contributed by atoms with Gasteiger partial charge in [-0.2, -0.15) is 4.98 Å². The minimum atomic E-state index is -0.608. The molecular weight excluding hydrogens is 1900 g/mol. The van der Waals surface area contributed by atoms with E-state index in [1.165, 1.54) is 141 Å². The van der Waals surface area contributed by atoms with Crippen molar-refractivity contribution >= 4 is 94.6 Å². The van der Waals surface area contributed by atoms with Gasteiger partial charge >= 0.3 is 59.7 Å². The fraction of sp³-hybridized carbons (Fsp3) is 0.209. The molecule has 0 fully saturated rings. The Morgan fingerprint density at radius 3 is 1.05 bits per heavy atom. The molecule has 0 saturated carbocycles. The summed E-state index contributed by atoms with van der Waals surface area (Å²) < 4.78 is 79.5. The lowest BCUT2D eigenvalue weighted by atomic mass is 10.0. The summed E-state index contributed by atoms with van der Waals surface area (Å²) in [7, 11) is 0. The number of hydrogen-bond donors (Lipinski definition) is 3. The highest BCUT2D eigenvalue weighted by molar-refractivity contribution is 6.06. The van der Waals surface area contributed by atoms with Crippen molar-refractivity contribution in [1.82, 2.24) is 10.3 Å². The number of esters is 10. The van der Waals surface area contributed by atoms with Gasteiger partial charge in [0.1, 0.15) is 34.5 Å². The van der Waals surface area contributed by atoms with Gasteiger partial charge in [0.2, 0.25) is 11.8 Å². The third-order valence-electron chi connectivity index (χ3n) is 21.0. The van der Waals surface area contributed by atoms with Gasteiger partial charge in [0.15, 0.2) is 75.6 Å². The zero-order valence-electron chi connectivity index (χ0n) is 85.3. The molecule has 0 spiro atoms. The molecule has 33 heteroatoms. The molecule has 0 aliphatic rings. The maximum absolute atomic E-state index is 12.9. The SMILES string of the molecule is CC(=O)Oc1ccc(C(=O)Cc2ccc(Oc3ccc(C)c(C)c3)cc2)cc1OC(C)=O.CC(=O)Oc1ccc(C(=O)Nc2ccccc2Oc2ccc(C)c(C)c2)cc1OC(C)=O.CC(=O)Oc1ccc(CCNC(=O)COc2ccc(C)c(C)c2)cc1OC(C)=O.CC(=O)Oc1ccc(NC(=O)c2ccc(C)c(C)c2)cc1OC(C)=O.CC(=O)Oc1ccc(Oc2cccc(Oc3ccc(C)c(C)c3)n2)cc1OC(C)=O. The summed E-state index contributed by atoms with van der Waals surface area (Å²) in [5.41, 5.74) is 14.8. The lowest BCUT2D eigenvalue weighted by Gasteiger charge is -2.14. The normalized spacial score (nSPS) is 10.2. The van der Waals surface area contributed by atoms with E-state index in [1.54, 1.807) is 84.9 Å². The van der Waals surface area contributed by atoms with Gasteiger partial charge in [0.25, 0.3) is 17.7 Å². The Bertz CT molecular complexity index is 7130. The predicted octanol–water partition coefficient (Wildman–Crippen LogP) is 22.0. The van der Waals surface area contributed by atoms with E-state index in [-0.39, 0.29) is 99.6 Å². The third kappa shape index (κ3) is 37.5. The number of amides is 3. The highest BCUT2D eigenvalue weighted by Gasteiger charge is 2.23. The number of pyridine rings is 1. The van der Waals surface area contributed by atoms with Crippen molar-refractivity contribution in [2.24, 2.45) is 0 Å². The molecule has 0 bridgehead atoms. The highest BCUT2D eigenvalue weighted by Crippen LogP contribution is 2.39. The summed E-state index contributed by atoms with van der Waals surface area (Å²) in [6.45, 7) is 32.7. The number of anilines is 2. The number of aromatic nitrogens is 1. The van der Waals surface area contributed by atoms with Crippen LogP contribution in [0.1, 0.15) is 167 Å². The van der Waals surface area contributed by atoms with E-state index < -0.39 is 65.6 Å². The van der Waals surface area contributed by atoms with Gasteiger partial charge in [-0.25, -0.2) is 0 Å². The van der Waals surface area contributed by atoms with Crippen LogP contribution >= 0.6 is 0 Å². The van der Waals surface area contributed by atoms with Crippen LogP contribution in [-0.2, 0) is 65.6 Å². The number of nitrogens with zero attached hydrogens (tertiary/aromatic N) is 1. The number of rotatable bonds is 31. The van der Waals surface area contributed by atoms with Crippen molar-refractivity contribution in [2.45, 2.75) is 151 Å². The molecule has 3 amide bonds. The van der Waals surface area contributed by atoms with E-state index in [9.17, 15) is 67.1 Å². The number of ketones is 1. The first-order valence-electron chi connectivity index (χ1n) is 46.1. The Labute approximate surface area is 855 Å². The highest BCUT2D eigenvalue weighted by atomic mass is 16.6. The predicted molar refractivity (Wildman–Crippen MR) is 548 cm³/mol. The van der Waals surface area contributed by atoms with Gasteiger partial charge in [-0.05, 0) is 300 Å². The summed E-state index contributed by atoms with van der Waals surface area (Å²) in [4.78, 5) is 167. The second-order valence-electron chi connectivity index (χ2n) is 33.4. The summed E-state index contributed by atoms with van der Waals surface area (Å²) in [6.07, 6.45) is 0.653. The summed E-state index contributed by atoms with van der Waals surface area (Å²) in [5, 5.41) is 8.31. The van der Waals surface area contributed by atoms with Crippen LogP contribution in [0.5, 0.6) is 110 Å². The van der Waals surface area contributed by atoms with Crippen LogP contribution in [0.25, 0.3) is 0 Å². The summed E-state index contributed by atoms with van der Waals surface area (Å²) in [6, 6.07) is 70.4. The molecule has 12 aromatic carbocycles. The number of aryl methyl sites for hydroxylation is 10. The number of ether oxygens (including phenoxy) is 15. The van der Waals surface area contributed by atoms with Crippen molar-refractivity contribution in [3.8, 4) is 110 Å². The van der Waals surface area contributed by atoms with Gasteiger partial charge in [-0.15, -0.1) is 0 Å². The number of hydrogen-bond acceptors (Lipinski definition) is 30. The van der Waals surface area contributed by atoms with Gasteiger partial charge < -0.3 is 87.0 Å². The molecule has 148 heavy (non-hydrogen) atoms. The first-order chi connectivity index (χ1) is 70.2. The quantitative estimate of drug-likeness (QED) is 0.0206. The van der Waals surface area contributed by atoms with Gasteiger partial charge in [-0.3, -0.25) is 67.1 Å². The molecule has 0 saturated heterocycles.